The predicted octanol–water partition coefficient (Wildman–Crippen LogP) is 5.02. The molecule has 1 unspecified atom stereocenters. The number of nitrogen functional groups attached to an aromatic ring is 1. The normalized spacial score (nSPS) is 19.0. The van der Waals surface area contributed by atoms with Gasteiger partial charge < -0.3 is 18.4 Å². The van der Waals surface area contributed by atoms with E-state index in [1.807, 2.05) is 0 Å². The summed E-state index contributed by atoms with van der Waals surface area (Å²) in [6.07, 6.45) is 5.71. The molecule has 1 aliphatic heterocycles. The number of imide groups is 1. The second kappa shape index (κ2) is 12.6. The molecule has 0 radical (unpaired) electrons. The number of amides is 2. The number of ketones is 2. The van der Waals surface area contributed by atoms with E-state index in [4.69, 9.17) is 88.0 Å². The van der Waals surface area contributed by atoms with Crippen LogP contribution in [0.1, 0.15) is 53.4 Å². The Labute approximate surface area is 303 Å². The second-order valence-corrected chi connectivity index (χ2v) is 12.0. The van der Waals surface area contributed by atoms with Gasteiger partial charge in [-0.25, -0.2) is 4.90 Å². The molecule has 0 saturated heterocycles. The SMILES string of the molecule is C=C/C=C(\N=C1CC=C([S-])C=C1N1C(=O)c2c(Cl)c(N)c(Cl)c(Cl)c2C1=O)C1C(=O)c2c(Cl)c(C)c(Cl)c(Cl)c2C1=O.[Na+]. The average Bonchev–Trinajstić information content (AvgIpc) is 3.37. The van der Waals surface area contributed by atoms with Crippen molar-refractivity contribution in [3.63, 3.8) is 0 Å². The van der Waals surface area contributed by atoms with Crippen LogP contribution in [-0.4, -0.2) is 34.0 Å². The molecule has 3 aliphatic rings. The summed E-state index contributed by atoms with van der Waals surface area (Å²) in [7, 11) is 0. The van der Waals surface area contributed by atoms with Gasteiger partial charge in [-0.1, -0.05) is 94.4 Å². The first-order valence-corrected chi connectivity index (χ1v) is 14.5. The van der Waals surface area contributed by atoms with E-state index in [2.05, 4.69) is 11.6 Å². The first kappa shape index (κ1) is 34.2. The van der Waals surface area contributed by atoms with Gasteiger partial charge in [-0.2, -0.15) is 4.91 Å². The number of allylic oxidation sites excluding steroid dienone is 6. The Morgan fingerprint density at radius 3 is 2.02 bits per heavy atom. The number of aliphatic imine (C=N–C) groups is 1. The number of Topliss-reactive ketones (excluding diaryl/α,β-unsaturated/α-hetero) is 2. The van der Waals surface area contributed by atoms with E-state index in [0.29, 0.717) is 10.5 Å². The third-order valence-electron chi connectivity index (χ3n) is 6.91. The van der Waals surface area contributed by atoms with Gasteiger partial charge >= 0.3 is 29.6 Å². The van der Waals surface area contributed by atoms with E-state index in [-0.39, 0.29) is 111 Å². The number of halogens is 6. The first-order valence-electron chi connectivity index (χ1n) is 11.8. The molecule has 15 heteroatoms. The zero-order chi connectivity index (χ0) is 30.9. The van der Waals surface area contributed by atoms with Gasteiger partial charge in [0.05, 0.1) is 75.2 Å². The fourth-order valence-corrected chi connectivity index (χ4v) is 6.71. The van der Waals surface area contributed by atoms with Crippen molar-refractivity contribution in [2.75, 3.05) is 5.73 Å². The number of hydrogen-bond donors (Lipinski definition) is 1. The molecule has 2 amide bonds. The first-order chi connectivity index (χ1) is 19.7. The Morgan fingerprint density at radius 2 is 1.44 bits per heavy atom. The molecule has 0 fully saturated rings. The molecule has 1 heterocycles. The van der Waals surface area contributed by atoms with Gasteiger partial charge in [0.25, 0.3) is 11.8 Å². The minimum Gasteiger partial charge on any atom is -0.780 e. The molecule has 5 rings (SSSR count). The van der Waals surface area contributed by atoms with Crippen molar-refractivity contribution in [2.24, 2.45) is 10.9 Å². The van der Waals surface area contributed by atoms with Crippen molar-refractivity contribution in [3.05, 3.63) is 105 Å². The van der Waals surface area contributed by atoms with E-state index in [1.165, 1.54) is 18.2 Å². The smallest absolute Gasteiger partial charge is 0.780 e. The number of nitrogens with zero attached hydrogens (tertiary/aromatic N) is 2. The van der Waals surface area contributed by atoms with Crippen molar-refractivity contribution < 1.29 is 48.7 Å². The van der Waals surface area contributed by atoms with Crippen LogP contribution in [0.3, 0.4) is 0 Å². The maximum absolute atomic E-state index is 13.6. The number of hydrogen-bond acceptors (Lipinski definition) is 7. The molecule has 2 aliphatic carbocycles. The molecule has 0 saturated carbocycles. The van der Waals surface area contributed by atoms with Crippen molar-refractivity contribution in [3.8, 4) is 0 Å². The third kappa shape index (κ3) is 5.23. The zero-order valence-electron chi connectivity index (χ0n) is 22.1. The summed E-state index contributed by atoms with van der Waals surface area (Å²) < 4.78 is 0. The summed E-state index contributed by atoms with van der Waals surface area (Å²) in [6.45, 7) is 5.24. The van der Waals surface area contributed by atoms with Crippen LogP contribution < -0.4 is 35.3 Å². The third-order valence-corrected chi connectivity index (χ3v) is 9.87. The van der Waals surface area contributed by atoms with Gasteiger partial charge in [-0.15, -0.1) is 0 Å². The van der Waals surface area contributed by atoms with Crippen molar-refractivity contribution in [1.29, 1.82) is 0 Å². The molecule has 0 spiro atoms. The fourth-order valence-electron chi connectivity index (χ4n) is 4.88. The van der Waals surface area contributed by atoms with Crippen molar-refractivity contribution >= 4 is 117 Å². The largest absolute Gasteiger partial charge is 1.00 e. The number of carbonyl (C=O) groups excluding carboxylic acids is 4. The van der Waals surface area contributed by atoms with E-state index in [9.17, 15) is 19.2 Å². The molecule has 2 N–H and O–H groups in total. The summed E-state index contributed by atoms with van der Waals surface area (Å²) in [6, 6.07) is 0. The Kier molecular flexibility index (Phi) is 10.0. The van der Waals surface area contributed by atoms with E-state index in [1.54, 1.807) is 13.0 Å². The van der Waals surface area contributed by atoms with Crippen LogP contribution in [0.4, 0.5) is 5.69 Å². The summed E-state index contributed by atoms with van der Waals surface area (Å²) >= 11 is 43.2. The number of anilines is 1. The summed E-state index contributed by atoms with van der Waals surface area (Å²) in [4.78, 5) is 60.1. The van der Waals surface area contributed by atoms with E-state index in [0.717, 1.165) is 4.90 Å². The molecule has 0 bridgehead atoms. The molecular formula is C28H14Cl6N3NaO4S. The van der Waals surface area contributed by atoms with Gasteiger partial charge in [-0.3, -0.25) is 24.2 Å². The standard InChI is InChI=1S/C28H15Cl6N3O4S.Na/c1-3-4-11(13-25(38)14-15(26(13)39)20(31)19(30)8(2)18(14)29)36-10-6-5-9(42)7-12(10)37-27(40)16-17(28(37)41)22(33)24(35)23(34)21(16)32;/h3-5,7,13,42H,1,6,35H2,2H3;/q;+1/p-1/b11-4-,36-10?;. The molecule has 43 heavy (non-hydrogen) atoms. The Morgan fingerprint density at radius 1 is 0.907 bits per heavy atom. The van der Waals surface area contributed by atoms with Crippen LogP contribution in [0.25, 0.3) is 0 Å². The van der Waals surface area contributed by atoms with Gasteiger partial charge in [0, 0.05) is 6.42 Å². The van der Waals surface area contributed by atoms with Crippen LogP contribution in [0.15, 0.2) is 52.2 Å². The Bertz CT molecular complexity index is 1770. The Balaban J connectivity index is 0.00000423. The predicted molar refractivity (Wildman–Crippen MR) is 169 cm³/mol. The number of carbonyl (C=O) groups is 4. The molecule has 2 aromatic carbocycles. The summed E-state index contributed by atoms with van der Waals surface area (Å²) in [5, 5.41) is -0.713. The molecule has 214 valence electrons. The number of rotatable bonds is 4. The zero-order valence-corrected chi connectivity index (χ0v) is 29.4. The van der Waals surface area contributed by atoms with Crippen LogP contribution in [0.5, 0.6) is 0 Å². The van der Waals surface area contributed by atoms with Crippen LogP contribution >= 0.6 is 69.6 Å². The van der Waals surface area contributed by atoms with Gasteiger partial charge in [-0.05, 0) is 18.6 Å². The summed E-state index contributed by atoms with van der Waals surface area (Å²) in [5.41, 5.74) is 5.49. The van der Waals surface area contributed by atoms with Gasteiger partial charge in [0.1, 0.15) is 5.92 Å². The molecule has 0 aromatic heterocycles. The topological polar surface area (TPSA) is 110 Å². The number of fused-ring (bicyclic) bond motifs is 2. The van der Waals surface area contributed by atoms with Gasteiger partial charge in [0.15, 0.2) is 11.6 Å². The molecule has 1 atom stereocenters. The van der Waals surface area contributed by atoms with Crippen LogP contribution in [-0.2, 0) is 12.6 Å². The number of benzene rings is 2. The van der Waals surface area contributed by atoms with Crippen LogP contribution in [0, 0.1) is 12.8 Å². The van der Waals surface area contributed by atoms with Crippen molar-refractivity contribution in [1.82, 2.24) is 4.90 Å². The molecular weight excluding hydrogens is 710 g/mol. The minimum absolute atomic E-state index is 0. The maximum atomic E-state index is 13.6. The van der Waals surface area contributed by atoms with Crippen molar-refractivity contribution in [2.45, 2.75) is 13.3 Å². The average molecular weight is 724 g/mol. The monoisotopic (exact) mass is 721 g/mol. The van der Waals surface area contributed by atoms with E-state index < -0.39 is 29.3 Å². The van der Waals surface area contributed by atoms with Crippen LogP contribution in [0.2, 0.25) is 30.1 Å². The minimum atomic E-state index is -1.46. The molecule has 2 aromatic rings. The quantitative estimate of drug-likeness (QED) is 0.0903. The number of nitrogens with two attached hydrogens (primary N) is 1. The Hall–Kier alpha value is -1.69. The van der Waals surface area contributed by atoms with E-state index >= 15 is 0 Å². The maximum Gasteiger partial charge on any atom is 1.00 e. The fraction of sp³-hybridized carbons (Fsp3) is 0.107. The van der Waals surface area contributed by atoms with Gasteiger partial charge in [0.2, 0.25) is 0 Å². The summed E-state index contributed by atoms with van der Waals surface area (Å²) in [5.74, 6) is -4.47. The molecule has 7 nitrogen and oxygen atoms in total. The second-order valence-electron chi connectivity index (χ2n) is 9.26.